The van der Waals surface area contributed by atoms with Crippen LogP contribution in [0.2, 0.25) is 0 Å². The summed E-state index contributed by atoms with van der Waals surface area (Å²) in [6.45, 7) is -0.809. The average molecular weight is 492 g/mol. The summed E-state index contributed by atoms with van der Waals surface area (Å²) < 4.78 is 27.3. The van der Waals surface area contributed by atoms with E-state index in [4.69, 9.17) is 30.7 Å². The number of hydrogen-bond acceptors (Lipinski definition) is 11. The predicted octanol–water partition coefficient (Wildman–Crippen LogP) is -3.71. The molecule has 2 aromatic rings. The summed E-state index contributed by atoms with van der Waals surface area (Å²) in [7, 11) is -4.96. The third-order valence-corrected chi connectivity index (χ3v) is 5.20. The number of H-pyrrole nitrogens is 2. The molecule has 0 spiro atoms. The Labute approximate surface area is 182 Å². The van der Waals surface area contributed by atoms with Gasteiger partial charge in [-0.2, -0.15) is 0 Å². The van der Waals surface area contributed by atoms with Crippen LogP contribution in [0.15, 0.2) is 15.9 Å². The summed E-state index contributed by atoms with van der Waals surface area (Å²) in [5, 5.41) is 10.8. The number of aliphatic hydroxyl groups excluding tert-OH is 1. The number of nitrogens with one attached hydrogen (secondary N) is 2. The highest BCUT2D eigenvalue weighted by molar-refractivity contribution is 7.46. The number of aromatic amines is 2. The van der Waals surface area contributed by atoms with Crippen molar-refractivity contribution in [3.63, 3.8) is 0 Å². The van der Waals surface area contributed by atoms with Crippen LogP contribution in [0.5, 0.6) is 0 Å². The molecule has 0 saturated carbocycles. The minimum absolute atomic E-state index is 0.132. The van der Waals surface area contributed by atoms with Gasteiger partial charge in [0.25, 0.3) is 5.56 Å². The van der Waals surface area contributed by atoms with E-state index in [0.717, 1.165) is 10.9 Å². The molecule has 3 rings (SSSR count). The van der Waals surface area contributed by atoms with Crippen molar-refractivity contribution in [2.24, 2.45) is 11.5 Å². The van der Waals surface area contributed by atoms with Crippen molar-refractivity contribution in [1.29, 1.82) is 0 Å². The molecule has 1 aliphatic rings. The molecule has 0 aliphatic carbocycles. The molecule has 17 nitrogen and oxygen atoms in total. The Morgan fingerprint density at radius 3 is 2.67 bits per heavy atom. The van der Waals surface area contributed by atoms with Gasteiger partial charge in [-0.15, -0.1) is 0 Å². The molecule has 1 aliphatic heterocycles. The molecular formula is C15H21N6O11P. The molecule has 33 heavy (non-hydrogen) atoms. The maximum absolute atomic E-state index is 12.3. The summed E-state index contributed by atoms with van der Waals surface area (Å²) in [6.07, 6.45) is -5.35. The minimum Gasteiger partial charge on any atom is -0.455 e. The Morgan fingerprint density at radius 2 is 2.03 bits per heavy atom. The van der Waals surface area contributed by atoms with Crippen molar-refractivity contribution in [3.05, 3.63) is 27.2 Å². The van der Waals surface area contributed by atoms with E-state index < -0.39 is 68.1 Å². The number of esters is 1. The molecule has 182 valence electrons. The number of hydrogen-bond donors (Lipinski definition) is 7. The SMILES string of the molecule is NC(=O)CC[C@H](N)C(=O)O[C@H]1[C@@H](O)[C@H](n2cnc3c(=O)[nH]c(=O)[nH]c32)O[C@@H]1COP(=O)(O)O. The van der Waals surface area contributed by atoms with Crippen LogP contribution in [0, 0.1) is 0 Å². The molecule has 9 N–H and O–H groups in total. The Balaban J connectivity index is 1.88. The molecule has 3 heterocycles. The van der Waals surface area contributed by atoms with Crippen LogP contribution in [-0.4, -0.2) is 77.2 Å². The van der Waals surface area contributed by atoms with Crippen LogP contribution in [0.4, 0.5) is 0 Å². The largest absolute Gasteiger partial charge is 0.469 e. The van der Waals surface area contributed by atoms with Crippen LogP contribution in [-0.2, 0) is 28.2 Å². The van der Waals surface area contributed by atoms with Crippen molar-refractivity contribution in [3.8, 4) is 0 Å². The van der Waals surface area contributed by atoms with E-state index in [1.807, 2.05) is 4.98 Å². The Kier molecular flexibility index (Phi) is 7.13. The van der Waals surface area contributed by atoms with Crippen LogP contribution in [0.25, 0.3) is 11.2 Å². The molecule has 1 fully saturated rings. The molecule has 0 aromatic carbocycles. The highest BCUT2D eigenvalue weighted by Crippen LogP contribution is 2.39. The van der Waals surface area contributed by atoms with Gasteiger partial charge in [0.1, 0.15) is 23.9 Å². The molecule has 2 aromatic heterocycles. The fourth-order valence-electron chi connectivity index (χ4n) is 3.18. The second-order valence-corrected chi connectivity index (χ2v) is 8.35. The molecule has 1 saturated heterocycles. The maximum Gasteiger partial charge on any atom is 0.469 e. The minimum atomic E-state index is -4.96. The molecule has 0 radical (unpaired) electrons. The lowest BCUT2D eigenvalue weighted by molar-refractivity contribution is -0.158. The number of amides is 1. The molecule has 0 unspecified atom stereocenters. The summed E-state index contributed by atoms with van der Waals surface area (Å²) >= 11 is 0. The normalized spacial score (nSPS) is 24.1. The van der Waals surface area contributed by atoms with E-state index in [9.17, 15) is 28.8 Å². The monoisotopic (exact) mass is 492 g/mol. The van der Waals surface area contributed by atoms with Gasteiger partial charge >= 0.3 is 19.5 Å². The third kappa shape index (κ3) is 5.72. The summed E-state index contributed by atoms with van der Waals surface area (Å²) in [6, 6.07) is -1.30. The second-order valence-electron chi connectivity index (χ2n) is 7.11. The number of aliphatic hydroxyl groups is 1. The quantitative estimate of drug-likeness (QED) is 0.131. The van der Waals surface area contributed by atoms with Crippen molar-refractivity contribution in [2.45, 2.75) is 43.4 Å². The van der Waals surface area contributed by atoms with E-state index in [0.29, 0.717) is 0 Å². The summed E-state index contributed by atoms with van der Waals surface area (Å²) in [5.74, 6) is -1.75. The average Bonchev–Trinajstić information content (AvgIpc) is 3.25. The van der Waals surface area contributed by atoms with Crippen LogP contribution in [0.1, 0.15) is 19.1 Å². The standard InChI is InChI=1S/C15H21N6O11P/c16-5(1-2-7(17)22)14(25)32-10-6(3-30-33(27,28)29)31-13(9(10)23)21-4-18-8-11(21)19-15(26)20-12(8)24/h4-6,9-10,13,23H,1-3,16H2,(H2,17,22)(H2,27,28,29)(H2,19,20,24,26)/t5-,6+,9+,10+,13+/m0/s1. The Morgan fingerprint density at radius 1 is 1.33 bits per heavy atom. The number of imidazole rings is 1. The zero-order valence-corrected chi connectivity index (χ0v) is 17.6. The molecule has 5 atom stereocenters. The van der Waals surface area contributed by atoms with Gasteiger partial charge in [-0.3, -0.25) is 33.4 Å². The topological polar surface area (TPSA) is 275 Å². The number of nitrogens with two attached hydrogens (primary N) is 2. The third-order valence-electron chi connectivity index (χ3n) is 4.72. The predicted molar refractivity (Wildman–Crippen MR) is 105 cm³/mol. The lowest BCUT2D eigenvalue weighted by atomic mass is 10.1. The highest BCUT2D eigenvalue weighted by Gasteiger charge is 2.48. The number of aromatic nitrogens is 4. The second kappa shape index (κ2) is 9.52. The van der Waals surface area contributed by atoms with Gasteiger partial charge in [0.2, 0.25) is 5.91 Å². The number of phosphoric acid groups is 1. The van der Waals surface area contributed by atoms with E-state index in [1.54, 1.807) is 0 Å². The smallest absolute Gasteiger partial charge is 0.455 e. The van der Waals surface area contributed by atoms with Crippen LogP contribution >= 0.6 is 7.82 Å². The number of fused-ring (bicyclic) bond motifs is 1. The summed E-state index contributed by atoms with van der Waals surface area (Å²) in [5.41, 5.74) is 8.67. The number of rotatable bonds is 9. The Bertz CT molecular complexity index is 1200. The number of carbonyl (C=O) groups excluding carboxylic acids is 2. The van der Waals surface area contributed by atoms with Gasteiger partial charge in [0, 0.05) is 6.42 Å². The first-order valence-electron chi connectivity index (χ1n) is 9.34. The first kappa shape index (κ1) is 24.7. The molecule has 18 heteroatoms. The number of ether oxygens (including phenoxy) is 2. The first-order valence-corrected chi connectivity index (χ1v) is 10.9. The van der Waals surface area contributed by atoms with Crippen molar-refractivity contribution >= 4 is 30.9 Å². The van der Waals surface area contributed by atoms with Gasteiger partial charge in [-0.25, -0.2) is 14.3 Å². The van der Waals surface area contributed by atoms with Crippen LogP contribution in [0.3, 0.4) is 0 Å². The fourth-order valence-corrected chi connectivity index (χ4v) is 3.52. The highest BCUT2D eigenvalue weighted by atomic mass is 31.2. The first-order chi connectivity index (χ1) is 15.4. The number of nitrogens with zero attached hydrogens (tertiary/aromatic N) is 2. The molecule has 0 bridgehead atoms. The van der Waals surface area contributed by atoms with Gasteiger partial charge in [-0.1, -0.05) is 0 Å². The van der Waals surface area contributed by atoms with Gasteiger partial charge in [-0.05, 0) is 6.42 Å². The summed E-state index contributed by atoms with van der Waals surface area (Å²) in [4.78, 5) is 72.9. The fraction of sp³-hybridized carbons (Fsp3) is 0.533. The van der Waals surface area contributed by atoms with Crippen molar-refractivity contribution in [1.82, 2.24) is 19.5 Å². The van der Waals surface area contributed by atoms with Gasteiger partial charge in [0.15, 0.2) is 17.8 Å². The number of primary amides is 1. The molecular weight excluding hydrogens is 471 g/mol. The lowest BCUT2D eigenvalue weighted by Gasteiger charge is -2.22. The van der Waals surface area contributed by atoms with Crippen molar-refractivity contribution in [2.75, 3.05) is 6.61 Å². The van der Waals surface area contributed by atoms with Crippen LogP contribution < -0.4 is 22.7 Å². The van der Waals surface area contributed by atoms with Crippen molar-refractivity contribution < 1.29 is 43.0 Å². The zero-order valence-electron chi connectivity index (χ0n) is 16.7. The van der Waals surface area contributed by atoms with E-state index >= 15 is 0 Å². The molecule has 1 amide bonds. The van der Waals surface area contributed by atoms with E-state index in [2.05, 4.69) is 14.5 Å². The zero-order chi connectivity index (χ0) is 24.5. The Hall–Kier alpha value is -2.92. The van der Waals surface area contributed by atoms with E-state index in [1.165, 1.54) is 0 Å². The number of phosphoric ester groups is 1. The van der Waals surface area contributed by atoms with Gasteiger partial charge in [0.05, 0.1) is 12.9 Å². The van der Waals surface area contributed by atoms with Gasteiger partial charge < -0.3 is 35.8 Å². The lowest BCUT2D eigenvalue weighted by Crippen LogP contribution is -2.43. The number of carbonyl (C=O) groups is 2. The van der Waals surface area contributed by atoms with E-state index in [-0.39, 0.29) is 24.0 Å². The maximum atomic E-state index is 12.3.